The highest BCUT2D eigenvalue weighted by molar-refractivity contribution is 7.09. The van der Waals surface area contributed by atoms with Crippen LogP contribution in [0.15, 0.2) is 35.7 Å². The van der Waals surface area contributed by atoms with E-state index in [1.165, 1.54) is 4.88 Å². The van der Waals surface area contributed by atoms with E-state index in [0.29, 0.717) is 19.7 Å². The fourth-order valence-electron chi connectivity index (χ4n) is 1.91. The van der Waals surface area contributed by atoms with E-state index in [0.717, 1.165) is 17.1 Å². The van der Waals surface area contributed by atoms with Crippen molar-refractivity contribution in [2.24, 2.45) is 0 Å². The lowest BCUT2D eigenvalue weighted by Gasteiger charge is -2.12. The van der Waals surface area contributed by atoms with Crippen molar-refractivity contribution in [2.75, 3.05) is 13.7 Å². The first-order chi connectivity index (χ1) is 10.2. The number of aliphatic hydroxyl groups is 1. The van der Waals surface area contributed by atoms with E-state index in [4.69, 9.17) is 9.47 Å². The Morgan fingerprint density at radius 2 is 2.14 bits per heavy atom. The third-order valence-electron chi connectivity index (χ3n) is 2.95. The summed E-state index contributed by atoms with van der Waals surface area (Å²) in [5.41, 5.74) is 1.09. The van der Waals surface area contributed by atoms with Gasteiger partial charge in [0, 0.05) is 18.0 Å². The standard InChI is InChI=1S/C16H21NO3S/c1-12(18)9-17-10-13-5-6-15(16(8-13)19-2)20-11-14-4-3-7-21-14/h3-8,12,17-18H,9-11H2,1-2H3/t12-/m0/s1. The second-order valence-corrected chi connectivity index (χ2v) is 5.87. The van der Waals surface area contributed by atoms with E-state index in [-0.39, 0.29) is 6.10 Å². The van der Waals surface area contributed by atoms with Crippen LogP contribution in [0.4, 0.5) is 0 Å². The molecule has 1 aromatic carbocycles. The Balaban J connectivity index is 1.95. The maximum absolute atomic E-state index is 9.23. The van der Waals surface area contributed by atoms with Gasteiger partial charge in [-0.05, 0) is 36.1 Å². The molecule has 0 saturated carbocycles. The number of ether oxygens (including phenoxy) is 2. The van der Waals surface area contributed by atoms with Crippen LogP contribution in [-0.4, -0.2) is 24.9 Å². The summed E-state index contributed by atoms with van der Waals surface area (Å²) < 4.78 is 11.2. The van der Waals surface area contributed by atoms with Gasteiger partial charge in [0.25, 0.3) is 0 Å². The fourth-order valence-corrected chi connectivity index (χ4v) is 2.53. The Morgan fingerprint density at radius 1 is 1.29 bits per heavy atom. The summed E-state index contributed by atoms with van der Waals surface area (Å²) in [5.74, 6) is 1.47. The Kier molecular flexibility index (Phi) is 6.04. The molecule has 2 aromatic rings. The molecule has 0 aliphatic carbocycles. The van der Waals surface area contributed by atoms with Crippen molar-refractivity contribution in [2.45, 2.75) is 26.2 Å². The van der Waals surface area contributed by atoms with E-state index in [9.17, 15) is 5.11 Å². The molecule has 0 aliphatic heterocycles. The first-order valence-corrected chi connectivity index (χ1v) is 7.78. The number of thiophene rings is 1. The van der Waals surface area contributed by atoms with Crippen LogP contribution in [0.3, 0.4) is 0 Å². The minimum atomic E-state index is -0.347. The van der Waals surface area contributed by atoms with Crippen LogP contribution in [0.2, 0.25) is 0 Å². The lowest BCUT2D eigenvalue weighted by molar-refractivity contribution is 0.191. The molecule has 1 heterocycles. The summed E-state index contributed by atoms with van der Waals surface area (Å²) in [6.07, 6.45) is -0.347. The molecule has 0 unspecified atom stereocenters. The molecule has 0 amide bonds. The van der Waals surface area contributed by atoms with Crippen molar-refractivity contribution < 1.29 is 14.6 Å². The van der Waals surface area contributed by atoms with Gasteiger partial charge in [0.15, 0.2) is 11.5 Å². The fraction of sp³-hybridized carbons (Fsp3) is 0.375. The van der Waals surface area contributed by atoms with Crippen LogP contribution < -0.4 is 14.8 Å². The van der Waals surface area contributed by atoms with Gasteiger partial charge in [-0.2, -0.15) is 0 Å². The van der Waals surface area contributed by atoms with E-state index in [1.807, 2.05) is 35.7 Å². The van der Waals surface area contributed by atoms with Gasteiger partial charge < -0.3 is 19.9 Å². The first kappa shape index (κ1) is 15.8. The summed E-state index contributed by atoms with van der Waals surface area (Å²) >= 11 is 1.67. The molecule has 2 rings (SSSR count). The predicted octanol–water partition coefficient (Wildman–Crippen LogP) is 2.81. The molecule has 1 atom stereocenters. The van der Waals surface area contributed by atoms with E-state index >= 15 is 0 Å². The molecule has 0 spiro atoms. The second kappa shape index (κ2) is 8.02. The summed E-state index contributed by atoms with van der Waals surface area (Å²) in [6.45, 7) is 3.56. The van der Waals surface area contributed by atoms with Crippen molar-refractivity contribution in [1.82, 2.24) is 5.32 Å². The molecule has 21 heavy (non-hydrogen) atoms. The van der Waals surface area contributed by atoms with Gasteiger partial charge in [0.05, 0.1) is 13.2 Å². The van der Waals surface area contributed by atoms with Crippen molar-refractivity contribution in [3.63, 3.8) is 0 Å². The van der Waals surface area contributed by atoms with Gasteiger partial charge in [0.1, 0.15) is 6.61 Å². The zero-order chi connectivity index (χ0) is 15.1. The maximum Gasteiger partial charge on any atom is 0.161 e. The minimum absolute atomic E-state index is 0.347. The molecule has 1 aromatic heterocycles. The lowest BCUT2D eigenvalue weighted by atomic mass is 10.2. The van der Waals surface area contributed by atoms with Gasteiger partial charge in [-0.1, -0.05) is 12.1 Å². The molecule has 2 N–H and O–H groups in total. The molecule has 0 bridgehead atoms. The highest BCUT2D eigenvalue weighted by Gasteiger charge is 2.07. The van der Waals surface area contributed by atoms with Crippen LogP contribution in [-0.2, 0) is 13.2 Å². The van der Waals surface area contributed by atoms with Crippen molar-refractivity contribution >= 4 is 11.3 Å². The molecule has 0 saturated heterocycles. The second-order valence-electron chi connectivity index (χ2n) is 4.83. The average Bonchev–Trinajstić information content (AvgIpc) is 2.98. The zero-order valence-corrected chi connectivity index (χ0v) is 13.2. The maximum atomic E-state index is 9.23. The van der Waals surface area contributed by atoms with Crippen LogP contribution in [0.5, 0.6) is 11.5 Å². The van der Waals surface area contributed by atoms with Crippen LogP contribution in [0.1, 0.15) is 17.4 Å². The Labute approximate surface area is 129 Å². The number of rotatable bonds is 8. The molecule has 114 valence electrons. The van der Waals surface area contributed by atoms with Crippen LogP contribution in [0.25, 0.3) is 0 Å². The molecular formula is C16H21NO3S. The van der Waals surface area contributed by atoms with Gasteiger partial charge in [-0.3, -0.25) is 0 Å². The third-order valence-corrected chi connectivity index (χ3v) is 3.80. The number of hydrogen-bond acceptors (Lipinski definition) is 5. The largest absolute Gasteiger partial charge is 0.493 e. The summed E-state index contributed by atoms with van der Waals surface area (Å²) in [5, 5.41) is 14.4. The molecule has 5 heteroatoms. The topological polar surface area (TPSA) is 50.7 Å². The zero-order valence-electron chi connectivity index (χ0n) is 12.3. The molecule has 0 radical (unpaired) electrons. The molecular weight excluding hydrogens is 286 g/mol. The van der Waals surface area contributed by atoms with E-state index in [2.05, 4.69) is 5.32 Å². The first-order valence-electron chi connectivity index (χ1n) is 6.90. The smallest absolute Gasteiger partial charge is 0.161 e. The highest BCUT2D eigenvalue weighted by Crippen LogP contribution is 2.29. The summed E-state index contributed by atoms with van der Waals surface area (Å²) in [7, 11) is 1.64. The number of aliphatic hydroxyl groups excluding tert-OH is 1. The molecule has 0 fully saturated rings. The predicted molar refractivity (Wildman–Crippen MR) is 85.0 cm³/mol. The van der Waals surface area contributed by atoms with E-state index < -0.39 is 0 Å². The normalized spacial score (nSPS) is 12.1. The van der Waals surface area contributed by atoms with E-state index in [1.54, 1.807) is 25.4 Å². The highest BCUT2D eigenvalue weighted by atomic mass is 32.1. The quantitative estimate of drug-likeness (QED) is 0.787. The molecule has 4 nitrogen and oxygen atoms in total. The Hall–Kier alpha value is -1.56. The number of hydrogen-bond donors (Lipinski definition) is 2. The SMILES string of the molecule is COc1cc(CNC[C@H](C)O)ccc1OCc1cccs1. The number of benzene rings is 1. The number of methoxy groups -OCH3 is 1. The van der Waals surface area contributed by atoms with Gasteiger partial charge in [-0.15, -0.1) is 11.3 Å². The van der Waals surface area contributed by atoms with Crippen LogP contribution in [0, 0.1) is 0 Å². The van der Waals surface area contributed by atoms with Crippen molar-refractivity contribution in [1.29, 1.82) is 0 Å². The van der Waals surface area contributed by atoms with Gasteiger partial charge in [-0.25, -0.2) is 0 Å². The summed E-state index contributed by atoms with van der Waals surface area (Å²) in [4.78, 5) is 1.18. The Morgan fingerprint density at radius 3 is 2.81 bits per heavy atom. The van der Waals surface area contributed by atoms with Crippen LogP contribution >= 0.6 is 11.3 Å². The Bertz CT molecular complexity index is 540. The van der Waals surface area contributed by atoms with Crippen molar-refractivity contribution in [3.05, 3.63) is 46.2 Å². The average molecular weight is 307 g/mol. The number of nitrogens with one attached hydrogen (secondary N) is 1. The third kappa shape index (κ3) is 5.04. The monoisotopic (exact) mass is 307 g/mol. The van der Waals surface area contributed by atoms with Crippen molar-refractivity contribution in [3.8, 4) is 11.5 Å². The van der Waals surface area contributed by atoms with Gasteiger partial charge >= 0.3 is 0 Å². The minimum Gasteiger partial charge on any atom is -0.493 e. The molecule has 0 aliphatic rings. The van der Waals surface area contributed by atoms with Gasteiger partial charge in [0.2, 0.25) is 0 Å². The summed E-state index contributed by atoms with van der Waals surface area (Å²) in [6, 6.07) is 9.94. The lowest BCUT2D eigenvalue weighted by Crippen LogP contribution is -2.23.